The molecule has 1 aliphatic rings. The van der Waals surface area contributed by atoms with E-state index in [-0.39, 0.29) is 5.92 Å². The van der Waals surface area contributed by atoms with Crippen LogP contribution in [-0.2, 0) is 0 Å². The SMILES string of the molecule is CCCN1CCN(CC(C)C(=N)N)CC1. The zero-order chi connectivity index (χ0) is 11.3. The first-order valence-electron chi connectivity index (χ1n) is 5.92. The Morgan fingerprint density at radius 3 is 2.27 bits per heavy atom. The molecule has 1 heterocycles. The van der Waals surface area contributed by atoms with E-state index >= 15 is 0 Å². The molecule has 0 radical (unpaired) electrons. The molecule has 1 fully saturated rings. The minimum absolute atomic E-state index is 0.197. The van der Waals surface area contributed by atoms with Gasteiger partial charge in [-0.3, -0.25) is 5.41 Å². The summed E-state index contributed by atoms with van der Waals surface area (Å²) in [7, 11) is 0. The van der Waals surface area contributed by atoms with Crippen molar-refractivity contribution in [2.75, 3.05) is 39.3 Å². The van der Waals surface area contributed by atoms with Crippen LogP contribution in [0.1, 0.15) is 20.3 Å². The van der Waals surface area contributed by atoms with Gasteiger partial charge in [0.05, 0.1) is 5.84 Å². The molecule has 4 nitrogen and oxygen atoms in total. The van der Waals surface area contributed by atoms with Gasteiger partial charge in [-0.25, -0.2) is 0 Å². The third kappa shape index (κ3) is 4.18. The topological polar surface area (TPSA) is 56.4 Å². The zero-order valence-electron chi connectivity index (χ0n) is 10.00. The van der Waals surface area contributed by atoms with Gasteiger partial charge in [0.25, 0.3) is 0 Å². The number of piperazine rings is 1. The molecule has 0 aliphatic carbocycles. The van der Waals surface area contributed by atoms with E-state index in [0.717, 1.165) is 19.6 Å². The van der Waals surface area contributed by atoms with Crippen LogP contribution in [0.3, 0.4) is 0 Å². The lowest BCUT2D eigenvalue weighted by atomic mass is 10.1. The minimum atomic E-state index is 0.197. The lowest BCUT2D eigenvalue weighted by molar-refractivity contribution is 0.127. The van der Waals surface area contributed by atoms with Gasteiger partial charge in [-0.15, -0.1) is 0 Å². The summed E-state index contributed by atoms with van der Waals surface area (Å²) in [4.78, 5) is 4.92. The number of amidine groups is 1. The number of nitrogens with zero attached hydrogens (tertiary/aromatic N) is 2. The highest BCUT2D eigenvalue weighted by Crippen LogP contribution is 2.05. The van der Waals surface area contributed by atoms with Crippen molar-refractivity contribution in [1.29, 1.82) is 5.41 Å². The maximum absolute atomic E-state index is 7.37. The Kier molecular flexibility index (Phi) is 5.05. The minimum Gasteiger partial charge on any atom is -0.387 e. The van der Waals surface area contributed by atoms with E-state index in [9.17, 15) is 0 Å². The summed E-state index contributed by atoms with van der Waals surface area (Å²) in [5.74, 6) is 0.508. The molecule has 1 rings (SSSR count). The van der Waals surface area contributed by atoms with Crippen molar-refractivity contribution in [1.82, 2.24) is 9.80 Å². The average molecular weight is 212 g/mol. The molecule has 0 aromatic heterocycles. The Bertz CT molecular complexity index is 197. The highest BCUT2D eigenvalue weighted by atomic mass is 15.3. The monoisotopic (exact) mass is 212 g/mol. The molecule has 0 amide bonds. The zero-order valence-corrected chi connectivity index (χ0v) is 10.00. The van der Waals surface area contributed by atoms with Gasteiger partial charge in [0, 0.05) is 38.6 Å². The Morgan fingerprint density at radius 1 is 1.27 bits per heavy atom. The maximum atomic E-state index is 7.37. The molecule has 4 heteroatoms. The average Bonchev–Trinajstić information content (AvgIpc) is 2.21. The quantitative estimate of drug-likeness (QED) is 0.518. The second-order valence-electron chi connectivity index (χ2n) is 4.50. The van der Waals surface area contributed by atoms with Crippen LogP contribution in [0.15, 0.2) is 0 Å². The largest absolute Gasteiger partial charge is 0.387 e. The summed E-state index contributed by atoms with van der Waals surface area (Å²) in [6.07, 6.45) is 1.24. The molecule has 0 aromatic rings. The molecule has 15 heavy (non-hydrogen) atoms. The van der Waals surface area contributed by atoms with Crippen molar-refractivity contribution in [2.45, 2.75) is 20.3 Å². The van der Waals surface area contributed by atoms with Crippen LogP contribution in [0.5, 0.6) is 0 Å². The van der Waals surface area contributed by atoms with Gasteiger partial charge in [0.1, 0.15) is 0 Å². The fraction of sp³-hybridized carbons (Fsp3) is 0.909. The highest BCUT2D eigenvalue weighted by molar-refractivity contribution is 5.79. The molecular weight excluding hydrogens is 188 g/mol. The molecule has 88 valence electrons. The number of hydrogen-bond acceptors (Lipinski definition) is 3. The molecule has 0 aromatic carbocycles. The molecule has 0 saturated carbocycles. The van der Waals surface area contributed by atoms with Crippen molar-refractivity contribution in [3.05, 3.63) is 0 Å². The summed E-state index contributed by atoms with van der Waals surface area (Å²) in [6.45, 7) is 11.0. The van der Waals surface area contributed by atoms with Crippen LogP contribution in [0, 0.1) is 11.3 Å². The van der Waals surface area contributed by atoms with E-state index in [2.05, 4.69) is 16.7 Å². The number of nitrogens with one attached hydrogen (secondary N) is 1. The normalized spacial score (nSPS) is 21.5. The smallest absolute Gasteiger partial charge is 0.0947 e. The summed E-state index contributed by atoms with van der Waals surface area (Å²) in [6, 6.07) is 0. The number of nitrogens with two attached hydrogens (primary N) is 1. The second-order valence-corrected chi connectivity index (χ2v) is 4.50. The van der Waals surface area contributed by atoms with Crippen LogP contribution >= 0.6 is 0 Å². The Labute approximate surface area is 92.9 Å². The highest BCUT2D eigenvalue weighted by Gasteiger charge is 2.18. The van der Waals surface area contributed by atoms with Gasteiger partial charge in [-0.1, -0.05) is 13.8 Å². The van der Waals surface area contributed by atoms with Crippen molar-refractivity contribution in [3.8, 4) is 0 Å². The van der Waals surface area contributed by atoms with Gasteiger partial charge in [-0.2, -0.15) is 0 Å². The number of rotatable bonds is 5. The first kappa shape index (κ1) is 12.5. The van der Waals surface area contributed by atoms with E-state index in [1.807, 2.05) is 6.92 Å². The molecule has 1 aliphatic heterocycles. The van der Waals surface area contributed by atoms with E-state index in [1.165, 1.54) is 26.1 Å². The van der Waals surface area contributed by atoms with Crippen molar-refractivity contribution >= 4 is 5.84 Å². The molecule has 0 spiro atoms. The molecule has 1 atom stereocenters. The molecule has 3 N–H and O–H groups in total. The van der Waals surface area contributed by atoms with Gasteiger partial charge >= 0.3 is 0 Å². The fourth-order valence-electron chi connectivity index (χ4n) is 2.00. The van der Waals surface area contributed by atoms with Crippen LogP contribution in [-0.4, -0.2) is 54.9 Å². The van der Waals surface area contributed by atoms with Gasteiger partial charge < -0.3 is 15.5 Å². The predicted molar refractivity (Wildman–Crippen MR) is 64.2 cm³/mol. The summed E-state index contributed by atoms with van der Waals surface area (Å²) < 4.78 is 0. The molecule has 0 bridgehead atoms. The summed E-state index contributed by atoms with van der Waals surface area (Å²) >= 11 is 0. The second kappa shape index (κ2) is 6.08. The van der Waals surface area contributed by atoms with E-state index < -0.39 is 0 Å². The van der Waals surface area contributed by atoms with Crippen LogP contribution in [0.4, 0.5) is 0 Å². The fourth-order valence-corrected chi connectivity index (χ4v) is 2.00. The van der Waals surface area contributed by atoms with Gasteiger partial charge in [0.15, 0.2) is 0 Å². The molecular formula is C11H24N4. The van der Waals surface area contributed by atoms with Crippen molar-refractivity contribution < 1.29 is 0 Å². The third-order valence-electron chi connectivity index (χ3n) is 3.07. The van der Waals surface area contributed by atoms with Crippen LogP contribution in [0.25, 0.3) is 0 Å². The van der Waals surface area contributed by atoms with Gasteiger partial charge in [-0.05, 0) is 13.0 Å². The lowest BCUT2D eigenvalue weighted by Gasteiger charge is -2.35. The Morgan fingerprint density at radius 2 is 1.80 bits per heavy atom. The van der Waals surface area contributed by atoms with Crippen LogP contribution < -0.4 is 5.73 Å². The summed E-state index contributed by atoms with van der Waals surface area (Å²) in [5, 5.41) is 7.37. The summed E-state index contributed by atoms with van der Waals surface area (Å²) in [5.41, 5.74) is 5.47. The van der Waals surface area contributed by atoms with Crippen LogP contribution in [0.2, 0.25) is 0 Å². The van der Waals surface area contributed by atoms with E-state index in [1.54, 1.807) is 0 Å². The first-order chi connectivity index (χ1) is 7.13. The van der Waals surface area contributed by atoms with Crippen molar-refractivity contribution in [3.63, 3.8) is 0 Å². The number of hydrogen-bond donors (Lipinski definition) is 2. The van der Waals surface area contributed by atoms with E-state index in [0.29, 0.717) is 5.84 Å². The lowest BCUT2D eigenvalue weighted by Crippen LogP contribution is -2.48. The molecule has 1 saturated heterocycles. The Balaban J connectivity index is 2.22. The third-order valence-corrected chi connectivity index (χ3v) is 3.07. The maximum Gasteiger partial charge on any atom is 0.0947 e. The van der Waals surface area contributed by atoms with E-state index in [4.69, 9.17) is 11.1 Å². The standard InChI is InChI=1S/C11H24N4/c1-3-4-14-5-7-15(8-6-14)9-10(2)11(12)13/h10H,3-9H2,1-2H3,(H3,12,13). The van der Waals surface area contributed by atoms with Crippen molar-refractivity contribution in [2.24, 2.45) is 11.7 Å². The predicted octanol–water partition coefficient (Wildman–Crippen LogP) is 0.586. The molecule has 1 unspecified atom stereocenters. The van der Waals surface area contributed by atoms with Gasteiger partial charge in [0.2, 0.25) is 0 Å². The first-order valence-corrected chi connectivity index (χ1v) is 5.92. The Hall–Kier alpha value is -0.610.